The number of aromatic nitrogens is 1. The number of thiazole rings is 1. The molecular weight excluding hydrogens is 376 g/mol. The molecule has 4 rings (SSSR count). The Morgan fingerprint density at radius 3 is 2.74 bits per heavy atom. The number of amides is 1. The van der Waals surface area contributed by atoms with Gasteiger partial charge in [0.25, 0.3) is 5.91 Å². The van der Waals surface area contributed by atoms with E-state index in [9.17, 15) is 4.79 Å². The van der Waals surface area contributed by atoms with Crippen molar-refractivity contribution in [3.05, 3.63) is 59.6 Å². The lowest BCUT2D eigenvalue weighted by molar-refractivity contribution is 0.0982. The molecule has 0 bridgehead atoms. The summed E-state index contributed by atoms with van der Waals surface area (Å²) in [6.45, 7) is 2.92. The predicted octanol–water partition coefficient (Wildman–Crippen LogP) is 5.35. The third kappa shape index (κ3) is 3.73. The van der Waals surface area contributed by atoms with Crippen LogP contribution < -0.4 is 9.64 Å². The van der Waals surface area contributed by atoms with Gasteiger partial charge in [-0.15, -0.1) is 23.1 Å². The molecule has 1 aromatic heterocycles. The van der Waals surface area contributed by atoms with Crippen molar-refractivity contribution >= 4 is 34.7 Å². The summed E-state index contributed by atoms with van der Waals surface area (Å²) < 4.78 is 5.20. The molecule has 1 atom stereocenters. The van der Waals surface area contributed by atoms with E-state index < -0.39 is 0 Å². The number of ether oxygens (including phenoxy) is 1. The molecule has 4 nitrogen and oxygen atoms in total. The number of methoxy groups -OCH3 is 1. The van der Waals surface area contributed by atoms with E-state index in [1.807, 2.05) is 64.5 Å². The van der Waals surface area contributed by atoms with Gasteiger partial charge in [-0.1, -0.05) is 19.1 Å². The van der Waals surface area contributed by atoms with Gasteiger partial charge >= 0.3 is 0 Å². The van der Waals surface area contributed by atoms with Crippen LogP contribution >= 0.6 is 23.1 Å². The molecule has 0 N–H and O–H groups in total. The monoisotopic (exact) mass is 396 g/mol. The summed E-state index contributed by atoms with van der Waals surface area (Å²) in [4.78, 5) is 20.8. The number of benzene rings is 2. The molecular formula is C21H20N2O2S2. The Kier molecular flexibility index (Phi) is 5.18. The van der Waals surface area contributed by atoms with E-state index in [2.05, 4.69) is 18.0 Å². The van der Waals surface area contributed by atoms with Crippen LogP contribution in [0.15, 0.2) is 58.8 Å². The first kappa shape index (κ1) is 18.1. The minimum atomic E-state index is -0.0341. The fourth-order valence-electron chi connectivity index (χ4n) is 3.07. The molecule has 0 saturated carbocycles. The summed E-state index contributed by atoms with van der Waals surface area (Å²) in [5.74, 6) is 0.771. The smallest absolute Gasteiger partial charge is 0.277 e. The molecule has 0 spiro atoms. The summed E-state index contributed by atoms with van der Waals surface area (Å²) in [5, 5.41) is 3.17. The first-order valence-corrected chi connectivity index (χ1v) is 10.6. The Hall–Kier alpha value is -2.31. The van der Waals surface area contributed by atoms with Crippen molar-refractivity contribution in [1.82, 2.24) is 4.98 Å². The van der Waals surface area contributed by atoms with Crippen LogP contribution in [0.2, 0.25) is 0 Å². The lowest BCUT2D eigenvalue weighted by Crippen LogP contribution is -2.32. The van der Waals surface area contributed by atoms with Crippen LogP contribution in [0, 0.1) is 0 Å². The highest BCUT2D eigenvalue weighted by molar-refractivity contribution is 8.00. The minimum absolute atomic E-state index is 0.0341. The highest BCUT2D eigenvalue weighted by Crippen LogP contribution is 2.38. The lowest BCUT2D eigenvalue weighted by Gasteiger charge is -2.21. The van der Waals surface area contributed by atoms with E-state index in [4.69, 9.17) is 4.74 Å². The molecule has 1 unspecified atom stereocenters. The standard InChI is InChI=1S/C21H20N2O2S2/c1-14-11-12-23(18-5-3-4-6-19(18)27-14)21(24)17-13-26-20(22-17)15-7-9-16(25-2)10-8-15/h3-10,13-14H,11-12H2,1-2H3. The van der Waals surface area contributed by atoms with Crippen molar-refractivity contribution in [3.8, 4) is 16.3 Å². The maximum Gasteiger partial charge on any atom is 0.277 e. The van der Waals surface area contributed by atoms with Gasteiger partial charge in [0, 0.05) is 27.6 Å². The molecule has 0 fully saturated rings. The maximum absolute atomic E-state index is 13.2. The normalized spacial score (nSPS) is 16.5. The van der Waals surface area contributed by atoms with E-state index in [-0.39, 0.29) is 5.91 Å². The zero-order valence-corrected chi connectivity index (χ0v) is 16.8. The molecule has 27 heavy (non-hydrogen) atoms. The zero-order valence-electron chi connectivity index (χ0n) is 15.2. The van der Waals surface area contributed by atoms with Crippen molar-refractivity contribution in [2.24, 2.45) is 0 Å². The number of carbonyl (C=O) groups excluding carboxylic acids is 1. The molecule has 3 aromatic rings. The number of fused-ring (bicyclic) bond motifs is 1. The lowest BCUT2D eigenvalue weighted by atomic mass is 10.2. The summed E-state index contributed by atoms with van der Waals surface area (Å²) in [7, 11) is 1.65. The van der Waals surface area contributed by atoms with Crippen LogP contribution in [0.3, 0.4) is 0 Å². The summed E-state index contributed by atoms with van der Waals surface area (Å²) in [6.07, 6.45) is 0.959. The number of rotatable bonds is 3. The quantitative estimate of drug-likeness (QED) is 0.598. The Morgan fingerprint density at radius 1 is 1.19 bits per heavy atom. The van der Waals surface area contributed by atoms with Gasteiger partial charge in [-0.05, 0) is 42.8 Å². The van der Waals surface area contributed by atoms with Crippen LogP contribution in [-0.4, -0.2) is 29.8 Å². The third-order valence-electron chi connectivity index (χ3n) is 4.55. The van der Waals surface area contributed by atoms with Gasteiger partial charge in [-0.2, -0.15) is 0 Å². The van der Waals surface area contributed by atoms with Crippen LogP contribution in [0.1, 0.15) is 23.8 Å². The number of carbonyl (C=O) groups is 1. The Labute approximate surface area is 167 Å². The molecule has 2 aromatic carbocycles. The van der Waals surface area contributed by atoms with E-state index in [0.29, 0.717) is 17.5 Å². The Morgan fingerprint density at radius 2 is 1.96 bits per heavy atom. The van der Waals surface area contributed by atoms with Gasteiger partial charge in [0.05, 0.1) is 12.8 Å². The molecule has 0 saturated heterocycles. The van der Waals surface area contributed by atoms with Crippen LogP contribution in [-0.2, 0) is 0 Å². The second-order valence-corrected chi connectivity index (χ2v) is 8.75. The minimum Gasteiger partial charge on any atom is -0.497 e. The van der Waals surface area contributed by atoms with E-state index in [1.165, 1.54) is 11.3 Å². The first-order valence-electron chi connectivity index (χ1n) is 8.83. The average Bonchev–Trinajstić information content (AvgIpc) is 3.12. The third-order valence-corrected chi connectivity index (χ3v) is 6.68. The van der Waals surface area contributed by atoms with Crippen molar-refractivity contribution < 1.29 is 9.53 Å². The molecule has 1 aliphatic heterocycles. The summed E-state index contributed by atoms with van der Waals surface area (Å²) in [6, 6.07) is 15.9. The van der Waals surface area contributed by atoms with E-state index in [1.54, 1.807) is 7.11 Å². The number of hydrogen-bond acceptors (Lipinski definition) is 5. The number of anilines is 1. The molecule has 0 radical (unpaired) electrons. The van der Waals surface area contributed by atoms with Gasteiger partial charge in [-0.3, -0.25) is 4.79 Å². The fourth-order valence-corrected chi connectivity index (χ4v) is 4.99. The number of hydrogen-bond donors (Lipinski definition) is 0. The zero-order chi connectivity index (χ0) is 18.8. The first-order chi connectivity index (χ1) is 13.2. The topological polar surface area (TPSA) is 42.4 Å². The van der Waals surface area contributed by atoms with E-state index >= 15 is 0 Å². The molecule has 2 heterocycles. The van der Waals surface area contributed by atoms with Crippen molar-refractivity contribution in [2.45, 2.75) is 23.5 Å². The number of para-hydroxylation sites is 1. The molecule has 1 amide bonds. The van der Waals surface area contributed by atoms with Crippen LogP contribution in [0.4, 0.5) is 5.69 Å². The van der Waals surface area contributed by atoms with Crippen LogP contribution in [0.5, 0.6) is 5.75 Å². The molecule has 6 heteroatoms. The van der Waals surface area contributed by atoms with Gasteiger partial charge in [0.15, 0.2) is 0 Å². The number of thioether (sulfide) groups is 1. The fraction of sp³-hybridized carbons (Fsp3) is 0.238. The Balaban J connectivity index is 1.62. The SMILES string of the molecule is COc1ccc(-c2nc(C(=O)N3CCC(C)Sc4ccccc43)cs2)cc1. The van der Waals surface area contributed by atoms with Gasteiger partial charge < -0.3 is 9.64 Å². The van der Waals surface area contributed by atoms with E-state index in [0.717, 1.165) is 33.3 Å². The van der Waals surface area contributed by atoms with Gasteiger partial charge in [0.2, 0.25) is 0 Å². The molecule has 138 valence electrons. The van der Waals surface area contributed by atoms with Crippen molar-refractivity contribution in [3.63, 3.8) is 0 Å². The Bertz CT molecular complexity index is 953. The molecule has 1 aliphatic rings. The maximum atomic E-state index is 13.2. The number of nitrogens with zero attached hydrogens (tertiary/aromatic N) is 2. The van der Waals surface area contributed by atoms with Crippen LogP contribution in [0.25, 0.3) is 10.6 Å². The van der Waals surface area contributed by atoms with Crippen molar-refractivity contribution in [1.29, 1.82) is 0 Å². The second kappa shape index (κ2) is 7.74. The largest absolute Gasteiger partial charge is 0.497 e. The van der Waals surface area contributed by atoms with Gasteiger partial charge in [-0.25, -0.2) is 4.98 Å². The second-order valence-electron chi connectivity index (χ2n) is 6.41. The predicted molar refractivity (Wildman–Crippen MR) is 112 cm³/mol. The average molecular weight is 397 g/mol. The van der Waals surface area contributed by atoms with Crippen molar-refractivity contribution in [2.75, 3.05) is 18.6 Å². The highest BCUT2D eigenvalue weighted by Gasteiger charge is 2.26. The summed E-state index contributed by atoms with van der Waals surface area (Å²) >= 11 is 3.32. The molecule has 0 aliphatic carbocycles. The summed E-state index contributed by atoms with van der Waals surface area (Å²) in [5.41, 5.74) is 2.47. The van der Waals surface area contributed by atoms with Gasteiger partial charge in [0.1, 0.15) is 16.5 Å². The highest BCUT2D eigenvalue weighted by atomic mass is 32.2.